The SMILES string of the molecule is COCC(C(=O)NC(CCOc1ccc(Cl)cc1F)B1OC(C)(C)C(C)(C)O1)N(C(=O)O)C(C)(C)C. The minimum absolute atomic E-state index is 0.0143. The summed E-state index contributed by atoms with van der Waals surface area (Å²) >= 11 is 5.80. The zero-order valence-corrected chi connectivity index (χ0v) is 22.9. The Labute approximate surface area is 217 Å². The Morgan fingerprint density at radius 3 is 2.28 bits per heavy atom. The maximum Gasteiger partial charge on any atom is 0.481 e. The van der Waals surface area contributed by atoms with E-state index < -0.39 is 53.7 Å². The Bertz CT molecular complexity index is 926. The van der Waals surface area contributed by atoms with Crippen molar-refractivity contribution in [2.75, 3.05) is 20.3 Å². The number of carbonyl (C=O) groups excluding carboxylic acids is 1. The van der Waals surface area contributed by atoms with Gasteiger partial charge in [0, 0.05) is 24.1 Å². The molecule has 2 atom stereocenters. The van der Waals surface area contributed by atoms with E-state index in [1.54, 1.807) is 20.8 Å². The number of nitrogens with one attached hydrogen (secondary N) is 1. The van der Waals surface area contributed by atoms with Gasteiger partial charge in [0.05, 0.1) is 30.4 Å². The standard InChI is InChI=1S/C24H37BClFN2O7/c1-22(2,3)29(21(31)32)17(14-33-8)20(30)28-19(25-35-23(4,5)24(6,7)36-25)11-12-34-18-10-9-15(26)13-16(18)27/h9-10,13,17,19H,11-12,14H2,1-8H3,(H,28,30)(H,31,32). The first-order chi connectivity index (χ1) is 16.5. The first-order valence-electron chi connectivity index (χ1n) is 11.7. The third kappa shape index (κ3) is 7.24. The Kier molecular flexibility index (Phi) is 9.66. The van der Waals surface area contributed by atoms with Gasteiger partial charge >= 0.3 is 13.2 Å². The molecule has 1 aromatic rings. The molecule has 2 amide bonds. The van der Waals surface area contributed by atoms with Crippen LogP contribution in [0.25, 0.3) is 0 Å². The number of hydrogen-bond donors (Lipinski definition) is 2. The molecule has 2 rings (SSSR count). The van der Waals surface area contributed by atoms with Gasteiger partial charge in [0.15, 0.2) is 11.6 Å². The Balaban J connectivity index is 2.27. The van der Waals surface area contributed by atoms with E-state index in [0.29, 0.717) is 0 Å². The minimum Gasteiger partial charge on any atom is -0.490 e. The Morgan fingerprint density at radius 1 is 1.22 bits per heavy atom. The molecular formula is C24H37BClFN2O7. The monoisotopic (exact) mass is 530 g/mol. The van der Waals surface area contributed by atoms with Crippen molar-refractivity contribution in [2.24, 2.45) is 0 Å². The number of hydrogen-bond acceptors (Lipinski definition) is 6. The van der Waals surface area contributed by atoms with E-state index in [4.69, 9.17) is 30.4 Å². The van der Waals surface area contributed by atoms with Crippen molar-refractivity contribution in [1.82, 2.24) is 10.2 Å². The van der Waals surface area contributed by atoms with Crippen LogP contribution < -0.4 is 10.1 Å². The van der Waals surface area contributed by atoms with E-state index >= 15 is 0 Å². The number of benzene rings is 1. The van der Waals surface area contributed by atoms with Crippen molar-refractivity contribution in [3.8, 4) is 5.75 Å². The lowest BCUT2D eigenvalue weighted by Gasteiger charge is -2.39. The molecule has 0 aliphatic carbocycles. The highest BCUT2D eigenvalue weighted by molar-refractivity contribution is 6.48. The van der Waals surface area contributed by atoms with Crippen LogP contribution in [0.5, 0.6) is 5.75 Å². The summed E-state index contributed by atoms with van der Waals surface area (Å²) in [5.74, 6) is -1.91. The summed E-state index contributed by atoms with van der Waals surface area (Å²) in [6.45, 7) is 12.5. The molecule has 12 heteroatoms. The van der Waals surface area contributed by atoms with Gasteiger partial charge in [-0.25, -0.2) is 9.18 Å². The summed E-state index contributed by atoms with van der Waals surface area (Å²) in [5.41, 5.74) is -2.22. The summed E-state index contributed by atoms with van der Waals surface area (Å²) in [5, 5.41) is 12.9. The number of rotatable bonds is 10. The highest BCUT2D eigenvalue weighted by Crippen LogP contribution is 2.38. The maximum atomic E-state index is 14.2. The van der Waals surface area contributed by atoms with Crippen LogP contribution in [0.15, 0.2) is 18.2 Å². The van der Waals surface area contributed by atoms with Gasteiger partial charge in [0.25, 0.3) is 0 Å². The lowest BCUT2D eigenvalue weighted by molar-refractivity contribution is -0.130. The predicted molar refractivity (Wildman–Crippen MR) is 135 cm³/mol. The highest BCUT2D eigenvalue weighted by atomic mass is 35.5. The molecule has 1 aliphatic rings. The molecule has 0 radical (unpaired) electrons. The topological polar surface area (TPSA) is 107 Å². The Morgan fingerprint density at radius 2 is 1.81 bits per heavy atom. The predicted octanol–water partition coefficient (Wildman–Crippen LogP) is 4.16. The maximum absolute atomic E-state index is 14.2. The van der Waals surface area contributed by atoms with E-state index in [2.05, 4.69) is 5.32 Å². The number of nitrogens with zero attached hydrogens (tertiary/aromatic N) is 1. The van der Waals surface area contributed by atoms with E-state index in [1.165, 1.54) is 19.2 Å². The molecule has 1 aliphatic heterocycles. The molecule has 1 saturated heterocycles. The van der Waals surface area contributed by atoms with Gasteiger partial charge in [0.2, 0.25) is 5.91 Å². The molecule has 1 heterocycles. The van der Waals surface area contributed by atoms with Crippen LogP contribution in [-0.4, -0.2) is 78.2 Å². The van der Waals surface area contributed by atoms with Crippen LogP contribution in [0.1, 0.15) is 54.9 Å². The van der Waals surface area contributed by atoms with Crippen molar-refractivity contribution < 1.29 is 37.9 Å². The van der Waals surface area contributed by atoms with Crippen molar-refractivity contribution in [3.63, 3.8) is 0 Å². The first kappa shape index (κ1) is 30.2. The lowest BCUT2D eigenvalue weighted by Crippen LogP contribution is -2.61. The van der Waals surface area contributed by atoms with Crippen molar-refractivity contribution in [3.05, 3.63) is 29.0 Å². The second-order valence-corrected chi connectivity index (χ2v) is 11.2. The molecule has 1 aromatic carbocycles. The molecular weight excluding hydrogens is 494 g/mol. The summed E-state index contributed by atoms with van der Waals surface area (Å²) in [4.78, 5) is 26.5. The van der Waals surface area contributed by atoms with Gasteiger partial charge < -0.3 is 29.2 Å². The number of ether oxygens (including phenoxy) is 2. The van der Waals surface area contributed by atoms with Crippen molar-refractivity contribution in [1.29, 1.82) is 0 Å². The van der Waals surface area contributed by atoms with Crippen LogP contribution in [0.3, 0.4) is 0 Å². The number of methoxy groups -OCH3 is 1. The fourth-order valence-electron chi connectivity index (χ4n) is 3.81. The second-order valence-electron chi connectivity index (χ2n) is 10.7. The fraction of sp³-hybridized carbons (Fsp3) is 0.667. The molecule has 0 aromatic heterocycles. The number of halogens is 2. The average Bonchev–Trinajstić information content (AvgIpc) is 2.94. The normalized spacial score (nSPS) is 18.4. The molecule has 36 heavy (non-hydrogen) atoms. The van der Waals surface area contributed by atoms with E-state index in [1.807, 2.05) is 27.7 Å². The van der Waals surface area contributed by atoms with Crippen molar-refractivity contribution >= 4 is 30.7 Å². The largest absolute Gasteiger partial charge is 0.490 e. The van der Waals surface area contributed by atoms with Crippen LogP contribution in [0, 0.1) is 5.82 Å². The molecule has 0 saturated carbocycles. The fourth-order valence-corrected chi connectivity index (χ4v) is 3.97. The van der Waals surface area contributed by atoms with Crippen LogP contribution in [0.4, 0.5) is 9.18 Å². The number of amides is 2. The Hall–Kier alpha value is -2.08. The third-order valence-electron chi connectivity index (χ3n) is 6.38. The molecule has 0 bridgehead atoms. The molecule has 2 unspecified atom stereocenters. The zero-order chi connectivity index (χ0) is 27.5. The van der Waals surface area contributed by atoms with E-state index in [9.17, 15) is 19.1 Å². The molecule has 0 spiro atoms. The molecule has 1 fully saturated rings. The lowest BCUT2D eigenvalue weighted by atomic mass is 9.76. The van der Waals surface area contributed by atoms with Crippen LogP contribution in [-0.2, 0) is 18.8 Å². The van der Waals surface area contributed by atoms with Gasteiger partial charge in [-0.15, -0.1) is 0 Å². The quantitative estimate of drug-likeness (QED) is 0.438. The first-order valence-corrected chi connectivity index (χ1v) is 12.1. The molecule has 2 N–H and O–H groups in total. The number of carbonyl (C=O) groups is 2. The van der Waals surface area contributed by atoms with Gasteiger partial charge in [-0.3, -0.25) is 9.69 Å². The molecule has 202 valence electrons. The average molecular weight is 531 g/mol. The highest BCUT2D eigenvalue weighted by Gasteiger charge is 2.54. The van der Waals surface area contributed by atoms with Gasteiger partial charge in [-0.2, -0.15) is 0 Å². The smallest absolute Gasteiger partial charge is 0.481 e. The summed E-state index contributed by atoms with van der Waals surface area (Å²) in [6.07, 6.45) is -1.07. The zero-order valence-electron chi connectivity index (χ0n) is 22.2. The van der Waals surface area contributed by atoms with Crippen LogP contribution >= 0.6 is 11.6 Å². The van der Waals surface area contributed by atoms with Gasteiger partial charge in [0.1, 0.15) is 6.04 Å². The summed E-state index contributed by atoms with van der Waals surface area (Å²) in [7, 11) is 0.539. The summed E-state index contributed by atoms with van der Waals surface area (Å²) < 4.78 is 37.2. The minimum atomic E-state index is -1.26. The summed E-state index contributed by atoms with van der Waals surface area (Å²) in [6, 6.07) is 2.94. The van der Waals surface area contributed by atoms with Crippen LogP contribution in [0.2, 0.25) is 5.02 Å². The number of carboxylic acid groups (broad SMARTS) is 1. The van der Waals surface area contributed by atoms with E-state index in [0.717, 1.165) is 11.0 Å². The van der Waals surface area contributed by atoms with Crippen molar-refractivity contribution in [2.45, 2.75) is 83.6 Å². The molecule has 9 nitrogen and oxygen atoms in total. The van der Waals surface area contributed by atoms with Gasteiger partial charge in [-0.1, -0.05) is 11.6 Å². The van der Waals surface area contributed by atoms with Gasteiger partial charge in [-0.05, 0) is 66.7 Å². The second kappa shape index (κ2) is 11.5. The van der Waals surface area contributed by atoms with E-state index in [-0.39, 0.29) is 30.4 Å². The third-order valence-corrected chi connectivity index (χ3v) is 6.61.